The van der Waals surface area contributed by atoms with Crippen molar-refractivity contribution < 1.29 is 14.3 Å². The minimum Gasteiger partial charge on any atom is -0.457 e. The Labute approximate surface area is 202 Å². The molecule has 3 aromatic carbocycles. The smallest absolute Gasteiger partial charge is 0.335 e. The normalized spacial score (nSPS) is 10.2. The standard InChI is InChI=1S/C26H24N6O3/c1-18(2)23(33)35-17-34-22-15-9-14-21(16-22)29-26-31-24(27-19-10-5-3-6-11-19)30-25(32-26)28-20-12-7-4-8-13-20/h3-16H,1,17H2,2H3,(H3,27,28,29,30,31,32). The fourth-order valence-electron chi connectivity index (χ4n) is 2.91. The third kappa shape index (κ3) is 7.03. The van der Waals surface area contributed by atoms with Crippen molar-refractivity contribution in [3.05, 3.63) is 97.1 Å². The van der Waals surface area contributed by atoms with E-state index in [0.29, 0.717) is 34.9 Å². The molecule has 0 saturated carbocycles. The molecule has 0 radical (unpaired) electrons. The molecule has 9 nitrogen and oxygen atoms in total. The first-order valence-electron chi connectivity index (χ1n) is 10.8. The first kappa shape index (κ1) is 23.2. The van der Waals surface area contributed by atoms with Gasteiger partial charge in [-0.05, 0) is 43.3 Å². The number of benzene rings is 3. The van der Waals surface area contributed by atoms with E-state index in [4.69, 9.17) is 9.47 Å². The lowest BCUT2D eigenvalue weighted by molar-refractivity contribution is -0.145. The molecule has 0 aliphatic carbocycles. The predicted molar refractivity (Wildman–Crippen MR) is 135 cm³/mol. The molecule has 35 heavy (non-hydrogen) atoms. The maximum atomic E-state index is 11.5. The highest BCUT2D eigenvalue weighted by atomic mass is 16.7. The van der Waals surface area contributed by atoms with Crippen LogP contribution < -0.4 is 20.7 Å². The van der Waals surface area contributed by atoms with Crippen LogP contribution in [-0.2, 0) is 9.53 Å². The lowest BCUT2D eigenvalue weighted by Crippen LogP contribution is -2.10. The number of rotatable bonds is 10. The fourth-order valence-corrected chi connectivity index (χ4v) is 2.91. The van der Waals surface area contributed by atoms with Crippen LogP contribution in [0.5, 0.6) is 5.75 Å². The van der Waals surface area contributed by atoms with E-state index in [0.717, 1.165) is 11.4 Å². The summed E-state index contributed by atoms with van der Waals surface area (Å²) in [5, 5.41) is 9.56. The monoisotopic (exact) mass is 468 g/mol. The van der Waals surface area contributed by atoms with Gasteiger partial charge in [-0.15, -0.1) is 0 Å². The molecule has 0 amide bonds. The summed E-state index contributed by atoms with van der Waals surface area (Å²) >= 11 is 0. The molecule has 0 spiro atoms. The molecule has 1 aromatic heterocycles. The maximum Gasteiger partial charge on any atom is 0.335 e. The summed E-state index contributed by atoms with van der Waals surface area (Å²) in [5.74, 6) is 1.05. The van der Waals surface area contributed by atoms with E-state index in [1.807, 2.05) is 66.7 Å². The number of hydrogen-bond acceptors (Lipinski definition) is 9. The Morgan fingerprint density at radius 3 is 1.74 bits per heavy atom. The first-order valence-corrected chi connectivity index (χ1v) is 10.8. The second-order valence-corrected chi connectivity index (χ2v) is 7.42. The Kier molecular flexibility index (Phi) is 7.49. The molecular weight excluding hydrogens is 444 g/mol. The molecule has 0 unspecified atom stereocenters. The summed E-state index contributed by atoms with van der Waals surface area (Å²) in [6, 6.07) is 26.4. The van der Waals surface area contributed by atoms with Crippen LogP contribution in [0.1, 0.15) is 6.92 Å². The second-order valence-electron chi connectivity index (χ2n) is 7.42. The lowest BCUT2D eigenvalue weighted by Gasteiger charge is -2.12. The van der Waals surface area contributed by atoms with Gasteiger partial charge in [-0.2, -0.15) is 15.0 Å². The fraction of sp³-hybridized carbons (Fsp3) is 0.0769. The van der Waals surface area contributed by atoms with Gasteiger partial charge >= 0.3 is 5.97 Å². The van der Waals surface area contributed by atoms with Gasteiger partial charge in [0.25, 0.3) is 0 Å². The van der Waals surface area contributed by atoms with Gasteiger partial charge in [0.15, 0.2) is 0 Å². The summed E-state index contributed by atoms with van der Waals surface area (Å²) in [4.78, 5) is 25.0. The number of nitrogens with zero attached hydrogens (tertiary/aromatic N) is 3. The Balaban J connectivity index is 1.52. The second kappa shape index (κ2) is 11.3. The van der Waals surface area contributed by atoms with Gasteiger partial charge in [0, 0.05) is 28.7 Å². The summed E-state index contributed by atoms with van der Waals surface area (Å²) < 4.78 is 10.5. The SMILES string of the molecule is C=C(C)C(=O)OCOc1cccc(Nc2nc(Nc3ccccc3)nc(Nc3ccccc3)n2)c1. The summed E-state index contributed by atoms with van der Waals surface area (Å²) in [5.41, 5.74) is 2.67. The number of para-hydroxylation sites is 2. The highest BCUT2D eigenvalue weighted by Crippen LogP contribution is 2.23. The number of anilines is 6. The van der Waals surface area contributed by atoms with Gasteiger partial charge in [-0.25, -0.2) is 4.79 Å². The van der Waals surface area contributed by atoms with Crippen molar-refractivity contribution in [2.75, 3.05) is 22.7 Å². The van der Waals surface area contributed by atoms with Gasteiger partial charge < -0.3 is 25.4 Å². The molecular formula is C26H24N6O3. The highest BCUT2D eigenvalue weighted by molar-refractivity contribution is 5.86. The number of esters is 1. The zero-order valence-electron chi connectivity index (χ0n) is 19.1. The Bertz CT molecular complexity index is 1240. The minimum atomic E-state index is -0.513. The summed E-state index contributed by atoms with van der Waals surface area (Å²) in [6.45, 7) is 4.89. The van der Waals surface area contributed by atoms with Crippen molar-refractivity contribution >= 4 is 40.9 Å². The van der Waals surface area contributed by atoms with Gasteiger partial charge in [0.2, 0.25) is 24.6 Å². The van der Waals surface area contributed by atoms with Gasteiger partial charge in [-0.1, -0.05) is 49.0 Å². The molecule has 176 valence electrons. The lowest BCUT2D eigenvalue weighted by atomic mass is 10.3. The zero-order chi connectivity index (χ0) is 24.5. The Morgan fingerprint density at radius 2 is 1.23 bits per heavy atom. The minimum absolute atomic E-state index is 0.225. The molecule has 4 aromatic rings. The summed E-state index contributed by atoms with van der Waals surface area (Å²) in [7, 11) is 0. The molecule has 0 saturated heterocycles. The van der Waals surface area contributed by atoms with E-state index < -0.39 is 5.97 Å². The van der Waals surface area contributed by atoms with E-state index >= 15 is 0 Å². The molecule has 3 N–H and O–H groups in total. The van der Waals surface area contributed by atoms with Crippen molar-refractivity contribution in [2.24, 2.45) is 0 Å². The molecule has 0 aliphatic heterocycles. The molecule has 0 fully saturated rings. The van der Waals surface area contributed by atoms with Crippen LogP contribution in [0.3, 0.4) is 0 Å². The average Bonchev–Trinajstić information content (AvgIpc) is 2.85. The van der Waals surface area contributed by atoms with Crippen molar-refractivity contribution in [1.29, 1.82) is 0 Å². The predicted octanol–water partition coefficient (Wildman–Crippen LogP) is 5.56. The van der Waals surface area contributed by atoms with Crippen molar-refractivity contribution in [3.63, 3.8) is 0 Å². The number of nitrogens with one attached hydrogen (secondary N) is 3. The number of hydrogen-bond donors (Lipinski definition) is 3. The molecule has 0 bridgehead atoms. The van der Waals surface area contributed by atoms with E-state index in [1.54, 1.807) is 25.1 Å². The van der Waals surface area contributed by atoms with Crippen molar-refractivity contribution in [1.82, 2.24) is 15.0 Å². The van der Waals surface area contributed by atoms with E-state index in [2.05, 4.69) is 37.5 Å². The highest BCUT2D eigenvalue weighted by Gasteiger charge is 2.09. The third-order valence-corrected chi connectivity index (χ3v) is 4.55. The first-order chi connectivity index (χ1) is 17.0. The van der Waals surface area contributed by atoms with Crippen LogP contribution in [0.4, 0.5) is 34.9 Å². The van der Waals surface area contributed by atoms with Crippen LogP contribution in [-0.4, -0.2) is 27.7 Å². The Morgan fingerprint density at radius 1 is 0.743 bits per heavy atom. The third-order valence-electron chi connectivity index (χ3n) is 4.55. The van der Waals surface area contributed by atoms with E-state index in [9.17, 15) is 4.79 Å². The number of aromatic nitrogens is 3. The summed E-state index contributed by atoms with van der Waals surface area (Å²) in [6.07, 6.45) is 0. The molecule has 9 heteroatoms. The van der Waals surface area contributed by atoms with Gasteiger partial charge in [0.05, 0.1) is 0 Å². The van der Waals surface area contributed by atoms with Crippen molar-refractivity contribution in [3.8, 4) is 5.75 Å². The number of carbonyl (C=O) groups excluding carboxylic acids is 1. The average molecular weight is 469 g/mol. The van der Waals surface area contributed by atoms with Gasteiger partial charge in [-0.3, -0.25) is 0 Å². The van der Waals surface area contributed by atoms with Crippen molar-refractivity contribution in [2.45, 2.75) is 6.92 Å². The molecule has 0 atom stereocenters. The van der Waals surface area contributed by atoms with Crippen LogP contribution in [0, 0.1) is 0 Å². The van der Waals surface area contributed by atoms with Crippen LogP contribution >= 0.6 is 0 Å². The van der Waals surface area contributed by atoms with Crippen LogP contribution in [0.15, 0.2) is 97.1 Å². The van der Waals surface area contributed by atoms with Crippen LogP contribution in [0.2, 0.25) is 0 Å². The molecule has 1 heterocycles. The quantitative estimate of drug-likeness (QED) is 0.156. The Hall–Kier alpha value is -4.92. The van der Waals surface area contributed by atoms with E-state index in [-0.39, 0.29) is 6.79 Å². The number of carbonyl (C=O) groups is 1. The molecule has 0 aliphatic rings. The maximum absolute atomic E-state index is 11.5. The topological polar surface area (TPSA) is 110 Å². The molecule has 4 rings (SSSR count). The van der Waals surface area contributed by atoms with E-state index in [1.165, 1.54) is 0 Å². The largest absolute Gasteiger partial charge is 0.457 e. The van der Waals surface area contributed by atoms with Gasteiger partial charge in [0.1, 0.15) is 5.75 Å². The van der Waals surface area contributed by atoms with Crippen LogP contribution in [0.25, 0.3) is 0 Å². The number of ether oxygens (including phenoxy) is 2. The zero-order valence-corrected chi connectivity index (χ0v) is 19.1.